The van der Waals surface area contributed by atoms with E-state index in [1.165, 1.54) is 80.7 Å². The number of aliphatic hydroxyl groups excluding tert-OH is 1. The summed E-state index contributed by atoms with van der Waals surface area (Å²) in [6, 6.07) is 17.9. The molecule has 1 unspecified atom stereocenters. The number of hydrogen-bond acceptors (Lipinski definition) is 18. The zero-order valence-electron chi connectivity index (χ0n) is 35.9. The van der Waals surface area contributed by atoms with Crippen molar-refractivity contribution in [3.8, 4) is 0 Å². The molecule has 1 saturated heterocycles. The SMILES string of the molecule is CC(=O)OC[C@]12[C@H](OC(C)=O)[C@H](OC(C)=O)[C@@H]3[C@@H](O)[C@@]14O[C@@]3(C)COC(=O)c1cccnc1CCC(C)C(=O)O[C@@H]([C@H](OC(=O)c1ccccc1)[C@@H]2OC(=O)c1ccccc1)[C@]4(C)O. The van der Waals surface area contributed by atoms with Gasteiger partial charge >= 0.3 is 41.8 Å². The van der Waals surface area contributed by atoms with Gasteiger partial charge < -0.3 is 48.1 Å². The molecule has 2 aromatic carbocycles. The van der Waals surface area contributed by atoms with Gasteiger partial charge in [0.05, 0.1) is 40.3 Å². The van der Waals surface area contributed by atoms with Gasteiger partial charge in [0, 0.05) is 27.0 Å². The number of aliphatic hydroxyl groups is 2. The molecule has 2 saturated carbocycles. The lowest BCUT2D eigenvalue weighted by Gasteiger charge is -2.67. The molecule has 0 radical (unpaired) electrons. The van der Waals surface area contributed by atoms with Gasteiger partial charge in [0.1, 0.15) is 41.5 Å². The van der Waals surface area contributed by atoms with Gasteiger partial charge in [-0.2, -0.15) is 0 Å². The van der Waals surface area contributed by atoms with Gasteiger partial charge in [0.25, 0.3) is 0 Å². The predicted molar refractivity (Wildman–Crippen MR) is 216 cm³/mol. The summed E-state index contributed by atoms with van der Waals surface area (Å²) >= 11 is 0. The molecule has 3 heterocycles. The second-order valence-corrected chi connectivity index (χ2v) is 17.0. The Morgan fingerprint density at radius 2 is 1.38 bits per heavy atom. The molecular formula is C46H49NO17. The first-order valence-electron chi connectivity index (χ1n) is 20.7. The highest BCUT2D eigenvalue weighted by molar-refractivity contribution is 5.91. The summed E-state index contributed by atoms with van der Waals surface area (Å²) in [6.45, 7) is 5.22. The number of carbonyl (C=O) groups is 7. The quantitative estimate of drug-likeness (QED) is 0.244. The van der Waals surface area contributed by atoms with Crippen molar-refractivity contribution in [2.75, 3.05) is 13.2 Å². The molecule has 1 aromatic heterocycles. The molecular weight excluding hydrogens is 838 g/mol. The van der Waals surface area contributed by atoms with Crippen LogP contribution in [0.5, 0.6) is 0 Å². The van der Waals surface area contributed by atoms with Crippen LogP contribution in [0.2, 0.25) is 0 Å². The van der Waals surface area contributed by atoms with Crippen molar-refractivity contribution >= 4 is 41.8 Å². The molecule has 1 spiro atoms. The normalized spacial score (nSPS) is 34.3. The molecule has 3 aromatic rings. The summed E-state index contributed by atoms with van der Waals surface area (Å²) in [5.41, 5.74) is -10.2. The van der Waals surface area contributed by atoms with Crippen molar-refractivity contribution in [1.29, 1.82) is 0 Å². The van der Waals surface area contributed by atoms with Gasteiger partial charge in [-0.15, -0.1) is 0 Å². The van der Waals surface area contributed by atoms with E-state index in [1.54, 1.807) is 12.1 Å². The summed E-state index contributed by atoms with van der Waals surface area (Å²) in [5, 5.41) is 26.7. The molecule has 18 heteroatoms. The van der Waals surface area contributed by atoms with Crippen LogP contribution in [-0.2, 0) is 63.5 Å². The van der Waals surface area contributed by atoms with Crippen LogP contribution in [-0.4, -0.2) is 124 Å². The summed E-state index contributed by atoms with van der Waals surface area (Å²) < 4.78 is 49.6. The first-order chi connectivity index (χ1) is 30.3. The summed E-state index contributed by atoms with van der Waals surface area (Å²) in [5.74, 6) is -9.68. The van der Waals surface area contributed by atoms with Crippen LogP contribution < -0.4 is 0 Å². The third kappa shape index (κ3) is 7.66. The Bertz CT molecular complexity index is 2320. The number of aryl methyl sites for hydroxylation is 1. The van der Waals surface area contributed by atoms with E-state index >= 15 is 0 Å². The van der Waals surface area contributed by atoms with E-state index in [-0.39, 0.29) is 35.2 Å². The Labute approximate surface area is 367 Å². The molecule has 340 valence electrons. The summed E-state index contributed by atoms with van der Waals surface area (Å²) in [7, 11) is 0. The number of rotatable bonds is 8. The topological polar surface area (TPSA) is 247 Å². The molecule has 0 amide bonds. The highest BCUT2D eigenvalue weighted by atomic mass is 16.7. The monoisotopic (exact) mass is 887 g/mol. The molecule has 4 bridgehead atoms. The van der Waals surface area contributed by atoms with E-state index in [9.17, 15) is 43.8 Å². The minimum absolute atomic E-state index is 0.0327. The summed E-state index contributed by atoms with van der Waals surface area (Å²) in [4.78, 5) is 101. The first-order valence-corrected chi connectivity index (χ1v) is 20.7. The number of benzene rings is 2. The fourth-order valence-corrected chi connectivity index (χ4v) is 10.0. The maximum absolute atomic E-state index is 14.5. The minimum atomic E-state index is -2.86. The van der Waals surface area contributed by atoms with E-state index < -0.39 is 126 Å². The maximum Gasteiger partial charge on any atom is 0.340 e. The van der Waals surface area contributed by atoms with Crippen molar-refractivity contribution in [1.82, 2.24) is 4.98 Å². The van der Waals surface area contributed by atoms with Crippen LogP contribution in [0, 0.1) is 17.3 Å². The maximum atomic E-state index is 14.5. The number of carbonyl (C=O) groups excluding carboxylic acids is 7. The van der Waals surface area contributed by atoms with Crippen LogP contribution in [0.4, 0.5) is 0 Å². The third-order valence-electron chi connectivity index (χ3n) is 12.8. The number of fused-ring (bicyclic) bond motifs is 5. The molecule has 7 rings (SSSR count). The second-order valence-electron chi connectivity index (χ2n) is 17.0. The highest BCUT2D eigenvalue weighted by Gasteiger charge is 2.91. The predicted octanol–water partition coefficient (Wildman–Crippen LogP) is 2.88. The largest absolute Gasteiger partial charge is 0.465 e. The Morgan fingerprint density at radius 1 is 0.781 bits per heavy atom. The number of esters is 7. The Hall–Kier alpha value is -6.24. The van der Waals surface area contributed by atoms with Crippen LogP contribution >= 0.6 is 0 Å². The Balaban J connectivity index is 1.59. The molecule has 4 aliphatic rings. The van der Waals surface area contributed by atoms with E-state index in [0.717, 1.165) is 27.7 Å². The first kappa shape index (κ1) is 45.8. The summed E-state index contributed by atoms with van der Waals surface area (Å²) in [6.07, 6.45) is -10.9. The number of nitrogens with zero attached hydrogens (tertiary/aromatic N) is 1. The van der Waals surface area contributed by atoms with Crippen molar-refractivity contribution < 1.29 is 81.7 Å². The minimum Gasteiger partial charge on any atom is -0.465 e. The van der Waals surface area contributed by atoms with Crippen LogP contribution in [0.25, 0.3) is 0 Å². The lowest BCUT2D eigenvalue weighted by molar-refractivity contribution is -0.384. The number of aromatic nitrogens is 1. The van der Waals surface area contributed by atoms with E-state index in [2.05, 4.69) is 4.98 Å². The molecule has 3 fully saturated rings. The number of hydrogen-bond donors (Lipinski definition) is 2. The van der Waals surface area contributed by atoms with Crippen molar-refractivity contribution in [2.24, 2.45) is 17.3 Å². The Kier molecular flexibility index (Phi) is 12.4. The van der Waals surface area contributed by atoms with E-state index in [0.29, 0.717) is 0 Å². The molecule has 12 atom stereocenters. The highest BCUT2D eigenvalue weighted by Crippen LogP contribution is 2.69. The number of ether oxygens (including phenoxy) is 8. The number of cyclic esters (lactones) is 1. The molecule has 2 aliphatic carbocycles. The van der Waals surface area contributed by atoms with Crippen molar-refractivity contribution in [3.05, 3.63) is 101 Å². The number of pyridine rings is 1. The molecule has 64 heavy (non-hydrogen) atoms. The molecule has 2 N–H and O–H groups in total. The molecule has 18 nitrogen and oxygen atoms in total. The van der Waals surface area contributed by atoms with E-state index in [1.807, 2.05) is 0 Å². The van der Waals surface area contributed by atoms with Gasteiger partial charge in [-0.3, -0.25) is 24.2 Å². The Morgan fingerprint density at radius 3 is 1.97 bits per heavy atom. The van der Waals surface area contributed by atoms with Crippen molar-refractivity contribution in [3.63, 3.8) is 0 Å². The van der Waals surface area contributed by atoms with Crippen LogP contribution in [0.1, 0.15) is 84.7 Å². The van der Waals surface area contributed by atoms with Gasteiger partial charge in [0.15, 0.2) is 24.4 Å². The third-order valence-corrected chi connectivity index (χ3v) is 12.8. The lowest BCUT2D eigenvalue weighted by Crippen LogP contribution is -2.89. The fourth-order valence-electron chi connectivity index (χ4n) is 10.0. The average molecular weight is 888 g/mol. The zero-order valence-corrected chi connectivity index (χ0v) is 35.9. The van der Waals surface area contributed by atoms with E-state index in [4.69, 9.17) is 37.9 Å². The van der Waals surface area contributed by atoms with Gasteiger partial charge in [0.2, 0.25) is 0 Å². The van der Waals surface area contributed by atoms with Crippen molar-refractivity contribution in [2.45, 2.75) is 108 Å². The lowest BCUT2D eigenvalue weighted by atomic mass is 9.45. The second kappa shape index (κ2) is 17.4. The zero-order chi connectivity index (χ0) is 46.4. The smallest absolute Gasteiger partial charge is 0.340 e. The van der Waals surface area contributed by atoms with Crippen LogP contribution in [0.3, 0.4) is 0 Å². The van der Waals surface area contributed by atoms with Gasteiger partial charge in [-0.05, 0) is 63.1 Å². The van der Waals surface area contributed by atoms with Gasteiger partial charge in [-0.25, -0.2) is 14.4 Å². The van der Waals surface area contributed by atoms with Gasteiger partial charge in [-0.1, -0.05) is 43.3 Å². The fraction of sp³-hybridized carbons (Fsp3) is 0.478. The molecule has 2 aliphatic heterocycles. The van der Waals surface area contributed by atoms with Crippen LogP contribution in [0.15, 0.2) is 79.0 Å². The average Bonchev–Trinajstić information content (AvgIpc) is 3.46. The standard InChI is InChI=1S/C46H49NO17/c1-24-19-20-31-30(18-13-21-47-31)42(55)58-22-43(5)32-33(59-26(3)49)37(60-27(4)50)45(23-57-25(2)48)38(63-41(54)29-16-11-8-12-17-29)34(61-40(53)28-14-9-7-10-15-28)36(62-39(24)52)44(6,56)46(45,64-43)35(32)51/h7-18,21,24,32-38,51,56H,19-20,22-23H2,1-6H3/t24?,32-,33-,34+,35-,36+,37-,38+,43+,44+,45-,46+/m1/s1.